The molecule has 1 aromatic heterocycles. The number of imidazole rings is 1. The van der Waals surface area contributed by atoms with Crippen molar-refractivity contribution in [3.8, 4) is 0 Å². The molecule has 0 spiro atoms. The highest BCUT2D eigenvalue weighted by Crippen LogP contribution is 2.13. The molecule has 1 aromatic rings. The lowest BCUT2D eigenvalue weighted by atomic mass is 10.2. The first-order valence-corrected chi connectivity index (χ1v) is 8.14. The van der Waals surface area contributed by atoms with Crippen molar-refractivity contribution in [2.45, 2.75) is 46.1 Å². The van der Waals surface area contributed by atoms with Gasteiger partial charge in [0.2, 0.25) is 0 Å². The number of nitrogens with zero attached hydrogens (tertiary/aromatic N) is 2. The molecule has 1 amide bonds. The molecular formula is C16H27N3O3. The second kappa shape index (κ2) is 8.17. The second-order valence-electron chi connectivity index (χ2n) is 6.13. The molecule has 22 heavy (non-hydrogen) atoms. The van der Waals surface area contributed by atoms with Crippen molar-refractivity contribution in [1.29, 1.82) is 0 Å². The van der Waals surface area contributed by atoms with E-state index in [0.717, 1.165) is 37.3 Å². The van der Waals surface area contributed by atoms with E-state index in [4.69, 9.17) is 9.47 Å². The van der Waals surface area contributed by atoms with Gasteiger partial charge in [0.05, 0.1) is 18.1 Å². The molecule has 2 heterocycles. The molecule has 2 rings (SSSR count). The van der Waals surface area contributed by atoms with Gasteiger partial charge in [-0.3, -0.25) is 0 Å². The van der Waals surface area contributed by atoms with Gasteiger partial charge in [-0.1, -0.05) is 20.8 Å². The van der Waals surface area contributed by atoms with E-state index in [2.05, 4.69) is 30.7 Å². The van der Waals surface area contributed by atoms with Gasteiger partial charge in [-0.05, 0) is 12.3 Å². The van der Waals surface area contributed by atoms with Crippen LogP contribution in [0.5, 0.6) is 0 Å². The Morgan fingerprint density at radius 2 is 2.36 bits per heavy atom. The number of rotatable bonds is 8. The fourth-order valence-corrected chi connectivity index (χ4v) is 2.49. The standard InChI is InChI=1S/C16H27N3O3/c1-4-14-15(18-11-17-14)5-7-19(9-12(2)3)16(20)22-10-13-6-8-21-13/h11-13H,4-10H2,1-3H3,(H,17,18). The second-order valence-corrected chi connectivity index (χ2v) is 6.13. The van der Waals surface area contributed by atoms with Gasteiger partial charge in [0.15, 0.2) is 0 Å². The van der Waals surface area contributed by atoms with Gasteiger partial charge in [-0.25, -0.2) is 9.78 Å². The molecule has 1 atom stereocenters. The van der Waals surface area contributed by atoms with Crippen LogP contribution in [-0.2, 0) is 22.3 Å². The summed E-state index contributed by atoms with van der Waals surface area (Å²) in [5, 5.41) is 0. The minimum absolute atomic E-state index is 0.0872. The number of ether oxygens (including phenoxy) is 2. The first kappa shape index (κ1) is 16.8. The molecule has 0 saturated carbocycles. The highest BCUT2D eigenvalue weighted by molar-refractivity contribution is 5.67. The minimum Gasteiger partial charge on any atom is -0.447 e. The summed E-state index contributed by atoms with van der Waals surface area (Å²) >= 11 is 0. The number of H-pyrrole nitrogens is 1. The summed E-state index contributed by atoms with van der Waals surface area (Å²) in [5.41, 5.74) is 2.17. The SMILES string of the molecule is CCc1nc[nH]c1CCN(CC(C)C)C(=O)OCC1CCO1. The van der Waals surface area contributed by atoms with Crippen molar-refractivity contribution < 1.29 is 14.3 Å². The smallest absolute Gasteiger partial charge is 0.409 e. The predicted octanol–water partition coefficient (Wildman–Crippen LogP) is 2.40. The van der Waals surface area contributed by atoms with E-state index in [0.29, 0.717) is 25.6 Å². The molecule has 1 N–H and O–H groups in total. The molecule has 6 heteroatoms. The van der Waals surface area contributed by atoms with E-state index >= 15 is 0 Å². The van der Waals surface area contributed by atoms with Crippen LogP contribution in [-0.4, -0.2) is 53.4 Å². The summed E-state index contributed by atoms with van der Waals surface area (Å²) in [6.07, 6.45) is 4.20. The highest BCUT2D eigenvalue weighted by atomic mass is 16.6. The first-order valence-electron chi connectivity index (χ1n) is 8.14. The van der Waals surface area contributed by atoms with Gasteiger partial charge in [-0.2, -0.15) is 0 Å². The zero-order chi connectivity index (χ0) is 15.9. The van der Waals surface area contributed by atoms with Crippen molar-refractivity contribution in [2.24, 2.45) is 5.92 Å². The van der Waals surface area contributed by atoms with E-state index < -0.39 is 0 Å². The summed E-state index contributed by atoms with van der Waals surface area (Å²) in [4.78, 5) is 21.5. The fraction of sp³-hybridized carbons (Fsp3) is 0.750. The monoisotopic (exact) mass is 309 g/mol. The highest BCUT2D eigenvalue weighted by Gasteiger charge is 2.23. The van der Waals surface area contributed by atoms with E-state index in [-0.39, 0.29) is 12.2 Å². The maximum Gasteiger partial charge on any atom is 0.409 e. The molecule has 124 valence electrons. The van der Waals surface area contributed by atoms with Gasteiger partial charge in [-0.15, -0.1) is 0 Å². The Morgan fingerprint density at radius 1 is 1.59 bits per heavy atom. The molecule has 1 aliphatic rings. The van der Waals surface area contributed by atoms with Crippen molar-refractivity contribution in [3.05, 3.63) is 17.7 Å². The molecule has 1 saturated heterocycles. The van der Waals surface area contributed by atoms with Crippen molar-refractivity contribution >= 4 is 6.09 Å². The Balaban J connectivity index is 1.85. The van der Waals surface area contributed by atoms with E-state index in [1.165, 1.54) is 0 Å². The molecule has 0 aliphatic carbocycles. The fourth-order valence-electron chi connectivity index (χ4n) is 2.49. The summed E-state index contributed by atoms with van der Waals surface area (Å²) in [5.74, 6) is 0.403. The molecule has 0 radical (unpaired) electrons. The number of amides is 1. The molecule has 6 nitrogen and oxygen atoms in total. The first-order chi connectivity index (χ1) is 10.6. The zero-order valence-electron chi connectivity index (χ0n) is 13.8. The van der Waals surface area contributed by atoms with Crippen LogP contribution < -0.4 is 0 Å². The normalized spacial score (nSPS) is 17.4. The quantitative estimate of drug-likeness (QED) is 0.800. The van der Waals surface area contributed by atoms with E-state index in [9.17, 15) is 4.79 Å². The molecule has 1 aliphatic heterocycles. The number of hydrogen-bond donors (Lipinski definition) is 1. The van der Waals surface area contributed by atoms with Crippen molar-refractivity contribution in [2.75, 3.05) is 26.3 Å². The Hall–Kier alpha value is -1.56. The maximum absolute atomic E-state index is 12.3. The lowest BCUT2D eigenvalue weighted by Crippen LogP contribution is -2.39. The number of aromatic amines is 1. The summed E-state index contributed by atoms with van der Waals surface area (Å²) in [6.45, 7) is 8.75. The Bertz CT molecular complexity index is 469. The average molecular weight is 309 g/mol. The molecule has 1 fully saturated rings. The predicted molar refractivity (Wildman–Crippen MR) is 83.8 cm³/mol. The van der Waals surface area contributed by atoms with Crippen LogP contribution >= 0.6 is 0 Å². The third-order valence-corrected chi connectivity index (χ3v) is 3.80. The third-order valence-electron chi connectivity index (χ3n) is 3.80. The topological polar surface area (TPSA) is 67.5 Å². The van der Waals surface area contributed by atoms with Crippen LogP contribution in [0.1, 0.15) is 38.6 Å². The van der Waals surface area contributed by atoms with Gasteiger partial charge in [0.25, 0.3) is 0 Å². The number of aryl methyl sites for hydroxylation is 1. The van der Waals surface area contributed by atoms with E-state index in [1.807, 2.05) is 0 Å². The van der Waals surface area contributed by atoms with Crippen molar-refractivity contribution in [1.82, 2.24) is 14.9 Å². The largest absolute Gasteiger partial charge is 0.447 e. The van der Waals surface area contributed by atoms with Crippen LogP contribution in [0.2, 0.25) is 0 Å². The number of aromatic nitrogens is 2. The van der Waals surface area contributed by atoms with Crippen LogP contribution in [0.3, 0.4) is 0 Å². The number of carbonyl (C=O) groups excluding carboxylic acids is 1. The van der Waals surface area contributed by atoms with E-state index in [1.54, 1.807) is 11.2 Å². The lowest BCUT2D eigenvalue weighted by Gasteiger charge is -2.28. The van der Waals surface area contributed by atoms with Crippen LogP contribution in [0, 0.1) is 5.92 Å². The number of carbonyl (C=O) groups is 1. The Morgan fingerprint density at radius 3 is 2.95 bits per heavy atom. The van der Waals surface area contributed by atoms with Crippen LogP contribution in [0.25, 0.3) is 0 Å². The van der Waals surface area contributed by atoms with Gasteiger partial charge in [0.1, 0.15) is 6.61 Å². The maximum atomic E-state index is 12.3. The molecular weight excluding hydrogens is 282 g/mol. The number of nitrogens with one attached hydrogen (secondary N) is 1. The number of hydrogen-bond acceptors (Lipinski definition) is 4. The average Bonchev–Trinajstić information content (AvgIpc) is 2.88. The molecule has 0 bridgehead atoms. The van der Waals surface area contributed by atoms with Crippen molar-refractivity contribution in [3.63, 3.8) is 0 Å². The third kappa shape index (κ3) is 4.73. The minimum atomic E-state index is -0.248. The van der Waals surface area contributed by atoms with Crippen LogP contribution in [0.15, 0.2) is 6.33 Å². The van der Waals surface area contributed by atoms with Gasteiger partial charge >= 0.3 is 6.09 Å². The summed E-state index contributed by atoms with van der Waals surface area (Å²) in [7, 11) is 0. The Labute approximate surface area is 132 Å². The van der Waals surface area contributed by atoms with Gasteiger partial charge in [0, 0.05) is 38.2 Å². The Kier molecular flexibility index (Phi) is 6.24. The van der Waals surface area contributed by atoms with Crippen LogP contribution in [0.4, 0.5) is 4.79 Å². The zero-order valence-corrected chi connectivity index (χ0v) is 13.8. The van der Waals surface area contributed by atoms with Gasteiger partial charge < -0.3 is 19.4 Å². The molecule has 0 aromatic carbocycles. The molecule has 1 unspecified atom stereocenters. The summed E-state index contributed by atoms with van der Waals surface area (Å²) < 4.78 is 10.7. The lowest BCUT2D eigenvalue weighted by molar-refractivity contribution is -0.0828. The summed E-state index contributed by atoms with van der Waals surface area (Å²) in [6, 6.07) is 0.